The van der Waals surface area contributed by atoms with Crippen LogP contribution in [-0.2, 0) is 6.54 Å². The van der Waals surface area contributed by atoms with Crippen molar-refractivity contribution in [1.82, 2.24) is 14.1 Å². The van der Waals surface area contributed by atoms with E-state index in [1.165, 1.54) is 11.3 Å². The van der Waals surface area contributed by atoms with Crippen molar-refractivity contribution in [3.8, 4) is 5.69 Å². The van der Waals surface area contributed by atoms with Crippen LogP contribution in [0.5, 0.6) is 0 Å². The molecule has 0 saturated heterocycles. The summed E-state index contributed by atoms with van der Waals surface area (Å²) in [7, 11) is 0. The topological polar surface area (TPSA) is 123 Å². The van der Waals surface area contributed by atoms with E-state index < -0.39 is 17.2 Å². The molecule has 2 aromatic carbocycles. The number of aryl methyl sites for hydroxylation is 1. The van der Waals surface area contributed by atoms with Crippen LogP contribution < -0.4 is 17.0 Å². The summed E-state index contributed by atoms with van der Waals surface area (Å²) < 4.78 is 2.53. The molecule has 0 amide bonds. The normalized spacial score (nSPS) is 11.4. The molecule has 0 fully saturated rings. The highest BCUT2D eigenvalue weighted by Crippen LogP contribution is 2.31. The number of H-pyrrole nitrogens is 1. The second-order valence-electron chi connectivity index (χ2n) is 7.62. The SMILES string of the molecule is Cc1ccc2c(c1)c(-n1c(=O)[nH]c3cscc3c1=O)c(C(=O)O)n2Cc1cccc(N)c1. The largest absolute Gasteiger partial charge is 0.477 e. The number of carboxylic acids is 1. The number of fused-ring (bicyclic) bond motifs is 2. The lowest BCUT2D eigenvalue weighted by Crippen LogP contribution is -2.34. The minimum atomic E-state index is -1.24. The Bertz CT molecular complexity index is 1650. The van der Waals surface area contributed by atoms with Crippen LogP contribution in [0, 0.1) is 6.92 Å². The average Bonchev–Trinajstić information content (AvgIpc) is 3.31. The highest BCUT2D eigenvalue weighted by molar-refractivity contribution is 7.09. The van der Waals surface area contributed by atoms with E-state index in [2.05, 4.69) is 4.98 Å². The van der Waals surface area contributed by atoms with Crippen molar-refractivity contribution >= 4 is 44.8 Å². The number of aromatic nitrogens is 3. The molecule has 0 unspecified atom stereocenters. The number of hydrogen-bond acceptors (Lipinski definition) is 5. The molecule has 9 heteroatoms. The molecule has 32 heavy (non-hydrogen) atoms. The lowest BCUT2D eigenvalue weighted by molar-refractivity contribution is 0.0686. The van der Waals surface area contributed by atoms with Gasteiger partial charge in [-0.3, -0.25) is 4.79 Å². The third-order valence-electron chi connectivity index (χ3n) is 5.45. The number of nitrogens with zero attached hydrogens (tertiary/aromatic N) is 2. The Labute approximate surface area is 184 Å². The highest BCUT2D eigenvalue weighted by Gasteiger charge is 2.27. The zero-order chi connectivity index (χ0) is 22.6. The molecule has 0 spiro atoms. The van der Waals surface area contributed by atoms with E-state index in [1.807, 2.05) is 19.1 Å². The van der Waals surface area contributed by atoms with Gasteiger partial charge in [-0.25, -0.2) is 14.2 Å². The lowest BCUT2D eigenvalue weighted by Gasteiger charge is -2.10. The molecule has 0 aliphatic carbocycles. The summed E-state index contributed by atoms with van der Waals surface area (Å²) in [5.74, 6) is -1.24. The van der Waals surface area contributed by atoms with Crippen LogP contribution in [0.25, 0.3) is 27.5 Å². The maximum atomic E-state index is 13.3. The summed E-state index contributed by atoms with van der Waals surface area (Å²) in [6.07, 6.45) is 0. The maximum absolute atomic E-state index is 13.3. The third kappa shape index (κ3) is 3.02. The molecule has 8 nitrogen and oxygen atoms in total. The average molecular weight is 446 g/mol. The molecule has 4 N–H and O–H groups in total. The molecule has 0 aliphatic rings. The first-order valence-corrected chi connectivity index (χ1v) is 10.7. The number of benzene rings is 2. The van der Waals surface area contributed by atoms with Crippen LogP contribution >= 0.6 is 11.3 Å². The Morgan fingerprint density at radius 1 is 1.12 bits per heavy atom. The summed E-state index contributed by atoms with van der Waals surface area (Å²) >= 11 is 1.29. The van der Waals surface area contributed by atoms with Gasteiger partial charge in [-0.2, -0.15) is 0 Å². The standard InChI is InChI=1S/C23H18N4O4S/c1-12-5-6-18-15(7-12)19(27-21(28)16-10-32-11-17(16)25-23(27)31)20(22(29)30)26(18)9-13-3-2-4-14(24)8-13/h2-8,10-11H,9,24H2,1H3,(H,25,31)(H,29,30). The number of hydrogen-bond donors (Lipinski definition) is 3. The van der Waals surface area contributed by atoms with Crippen molar-refractivity contribution in [2.75, 3.05) is 5.73 Å². The number of aromatic carboxylic acids is 1. The molecule has 160 valence electrons. The summed E-state index contributed by atoms with van der Waals surface area (Å²) in [5, 5.41) is 14.3. The first-order chi connectivity index (χ1) is 15.3. The van der Waals surface area contributed by atoms with Crippen LogP contribution in [0.1, 0.15) is 21.6 Å². The van der Waals surface area contributed by atoms with Crippen molar-refractivity contribution in [3.63, 3.8) is 0 Å². The van der Waals surface area contributed by atoms with Gasteiger partial charge in [0.05, 0.1) is 22.1 Å². The van der Waals surface area contributed by atoms with Crippen molar-refractivity contribution in [3.05, 3.63) is 90.9 Å². The number of rotatable bonds is 4. The minimum absolute atomic E-state index is 0.0550. The van der Waals surface area contributed by atoms with Crippen molar-refractivity contribution < 1.29 is 9.90 Å². The van der Waals surface area contributed by atoms with Gasteiger partial charge in [0.15, 0.2) is 5.69 Å². The molecular weight excluding hydrogens is 428 g/mol. The van der Waals surface area contributed by atoms with Gasteiger partial charge in [0.25, 0.3) is 5.56 Å². The molecule has 0 saturated carbocycles. The summed E-state index contributed by atoms with van der Waals surface area (Å²) in [4.78, 5) is 41.4. The fourth-order valence-electron chi connectivity index (χ4n) is 4.08. The number of anilines is 1. The fourth-order valence-corrected chi connectivity index (χ4v) is 4.83. The van der Waals surface area contributed by atoms with Gasteiger partial charge in [0, 0.05) is 28.4 Å². The quantitative estimate of drug-likeness (QED) is 0.366. The van der Waals surface area contributed by atoms with Crippen LogP contribution in [0.4, 0.5) is 5.69 Å². The van der Waals surface area contributed by atoms with Gasteiger partial charge in [-0.1, -0.05) is 23.8 Å². The number of carbonyl (C=O) groups is 1. The van der Waals surface area contributed by atoms with E-state index in [0.29, 0.717) is 27.5 Å². The number of thiophene rings is 1. The van der Waals surface area contributed by atoms with Crippen molar-refractivity contribution in [2.45, 2.75) is 13.5 Å². The number of aromatic amines is 1. The molecule has 5 rings (SSSR count). The van der Waals surface area contributed by atoms with Crippen LogP contribution in [0.15, 0.2) is 62.8 Å². The van der Waals surface area contributed by atoms with Gasteiger partial charge < -0.3 is 20.4 Å². The van der Waals surface area contributed by atoms with E-state index in [4.69, 9.17) is 5.73 Å². The number of nitrogens with one attached hydrogen (secondary N) is 1. The van der Waals surface area contributed by atoms with E-state index in [9.17, 15) is 19.5 Å². The van der Waals surface area contributed by atoms with Gasteiger partial charge in [-0.15, -0.1) is 11.3 Å². The Kier molecular flexibility index (Phi) is 4.49. The zero-order valence-corrected chi connectivity index (χ0v) is 17.8. The molecule has 0 radical (unpaired) electrons. The molecule has 0 aliphatic heterocycles. The number of nitrogen functional groups attached to an aromatic ring is 1. The Balaban J connectivity index is 1.91. The van der Waals surface area contributed by atoms with Crippen molar-refractivity contribution in [2.24, 2.45) is 0 Å². The highest BCUT2D eigenvalue weighted by atomic mass is 32.1. The third-order valence-corrected chi connectivity index (χ3v) is 6.19. The van der Waals surface area contributed by atoms with Crippen LogP contribution in [0.2, 0.25) is 0 Å². The van der Waals surface area contributed by atoms with Gasteiger partial charge in [-0.05, 0) is 36.8 Å². The predicted molar refractivity (Wildman–Crippen MR) is 125 cm³/mol. The molecule has 3 heterocycles. The van der Waals surface area contributed by atoms with Gasteiger partial charge in [0.1, 0.15) is 0 Å². The lowest BCUT2D eigenvalue weighted by atomic mass is 10.1. The van der Waals surface area contributed by atoms with E-state index in [1.54, 1.807) is 45.7 Å². The first kappa shape index (κ1) is 19.8. The Morgan fingerprint density at radius 2 is 1.94 bits per heavy atom. The second-order valence-corrected chi connectivity index (χ2v) is 8.37. The van der Waals surface area contributed by atoms with E-state index in [0.717, 1.165) is 15.7 Å². The van der Waals surface area contributed by atoms with Crippen LogP contribution in [-0.4, -0.2) is 25.2 Å². The van der Waals surface area contributed by atoms with Gasteiger partial charge >= 0.3 is 11.7 Å². The van der Waals surface area contributed by atoms with Crippen molar-refractivity contribution in [1.29, 1.82) is 0 Å². The minimum Gasteiger partial charge on any atom is -0.477 e. The maximum Gasteiger partial charge on any atom is 0.354 e. The van der Waals surface area contributed by atoms with Crippen LogP contribution in [0.3, 0.4) is 0 Å². The molecule has 3 aromatic heterocycles. The van der Waals surface area contributed by atoms with E-state index in [-0.39, 0.29) is 17.9 Å². The zero-order valence-electron chi connectivity index (χ0n) is 17.0. The Hall–Kier alpha value is -4.11. The molecule has 0 atom stereocenters. The first-order valence-electron chi connectivity index (χ1n) is 9.77. The summed E-state index contributed by atoms with van der Waals surface area (Å²) in [6.45, 7) is 2.08. The Morgan fingerprint density at radius 3 is 2.69 bits per heavy atom. The second kappa shape index (κ2) is 7.24. The number of nitrogens with two attached hydrogens (primary N) is 1. The number of carboxylic acid groups (broad SMARTS) is 1. The summed E-state index contributed by atoms with van der Waals surface area (Å²) in [6, 6.07) is 12.6. The smallest absolute Gasteiger partial charge is 0.354 e. The fraction of sp³-hybridized carbons (Fsp3) is 0.0870. The summed E-state index contributed by atoms with van der Waals surface area (Å²) in [5.41, 5.74) is 7.83. The monoisotopic (exact) mass is 446 g/mol. The molecule has 0 bridgehead atoms. The molecular formula is C23H18N4O4S. The molecule has 5 aromatic rings. The van der Waals surface area contributed by atoms with Gasteiger partial charge in [0.2, 0.25) is 0 Å². The van der Waals surface area contributed by atoms with E-state index >= 15 is 0 Å². The predicted octanol–water partition coefficient (Wildman–Crippen LogP) is 3.33.